The predicted octanol–water partition coefficient (Wildman–Crippen LogP) is 1.61. The van der Waals surface area contributed by atoms with Gasteiger partial charge in [0.05, 0.1) is 17.6 Å². The zero-order chi connectivity index (χ0) is 17.8. The topological polar surface area (TPSA) is 85.7 Å². The summed E-state index contributed by atoms with van der Waals surface area (Å²) >= 11 is 0. The number of pyridine rings is 1. The van der Waals surface area contributed by atoms with E-state index in [1.54, 1.807) is 6.20 Å². The van der Waals surface area contributed by atoms with E-state index in [4.69, 9.17) is 0 Å². The van der Waals surface area contributed by atoms with Crippen molar-refractivity contribution in [2.24, 2.45) is 0 Å². The summed E-state index contributed by atoms with van der Waals surface area (Å²) in [5.41, 5.74) is -1.82. The number of carbonyl (C=O) groups is 1. The molecule has 0 aromatic carbocycles. The molecule has 0 unspecified atom stereocenters. The van der Waals surface area contributed by atoms with E-state index >= 15 is 0 Å². The fraction of sp³-hybridized carbons (Fsp3) is 0.684. The number of hydrogen-bond donors (Lipinski definition) is 3. The van der Waals surface area contributed by atoms with Crippen LogP contribution in [0, 0.1) is 0 Å². The standard InChI is InChI=1S/C19H29N3O3/c23-17(13-18(24)8-3-1-4-9-18)21-14-19(25)10-6-12-22(15-19)16-7-2-5-11-20-16/h2,5,7,11,24-25H,1,3-4,6,8-10,12-15H2,(H,21,23)/t19-/m0/s1. The number of β-amino-alcohol motifs (C(OH)–C–C–N with tert-alkyl or cyclic N) is 1. The molecule has 6 nitrogen and oxygen atoms in total. The maximum Gasteiger partial charge on any atom is 0.222 e. The minimum absolute atomic E-state index is 0.132. The minimum atomic E-state index is -0.958. The molecule has 1 aromatic rings. The number of amides is 1. The van der Waals surface area contributed by atoms with Crippen molar-refractivity contribution in [1.29, 1.82) is 0 Å². The van der Waals surface area contributed by atoms with Gasteiger partial charge in [-0.2, -0.15) is 0 Å². The van der Waals surface area contributed by atoms with Crippen LogP contribution < -0.4 is 10.2 Å². The van der Waals surface area contributed by atoms with Crippen LogP contribution in [0.3, 0.4) is 0 Å². The molecule has 1 saturated carbocycles. The lowest BCUT2D eigenvalue weighted by molar-refractivity contribution is -0.128. The second kappa shape index (κ2) is 7.70. The molecule has 3 N–H and O–H groups in total. The van der Waals surface area contributed by atoms with Gasteiger partial charge in [0.15, 0.2) is 0 Å². The highest BCUT2D eigenvalue weighted by molar-refractivity contribution is 5.77. The summed E-state index contributed by atoms with van der Waals surface area (Å²) in [5.74, 6) is 0.677. The molecule has 1 aliphatic carbocycles. The van der Waals surface area contributed by atoms with Crippen LogP contribution in [0.15, 0.2) is 24.4 Å². The largest absolute Gasteiger partial charge is 0.389 e. The van der Waals surface area contributed by atoms with Gasteiger partial charge in [0, 0.05) is 25.8 Å². The van der Waals surface area contributed by atoms with Crippen LogP contribution in [0.4, 0.5) is 5.82 Å². The smallest absolute Gasteiger partial charge is 0.222 e. The highest BCUT2D eigenvalue weighted by atomic mass is 16.3. The first-order valence-corrected chi connectivity index (χ1v) is 9.36. The average Bonchev–Trinajstić information content (AvgIpc) is 2.61. The lowest BCUT2D eigenvalue weighted by Crippen LogP contribution is -2.55. The lowest BCUT2D eigenvalue weighted by atomic mass is 9.82. The maximum absolute atomic E-state index is 12.2. The first-order valence-electron chi connectivity index (χ1n) is 9.36. The molecular weight excluding hydrogens is 318 g/mol. The molecule has 6 heteroatoms. The van der Waals surface area contributed by atoms with Crippen LogP contribution >= 0.6 is 0 Å². The fourth-order valence-corrected chi connectivity index (χ4v) is 4.00. The molecule has 3 rings (SSSR count). The van der Waals surface area contributed by atoms with Crippen LogP contribution in [0.2, 0.25) is 0 Å². The number of piperidine rings is 1. The number of hydrogen-bond acceptors (Lipinski definition) is 5. The number of nitrogens with zero attached hydrogens (tertiary/aromatic N) is 2. The summed E-state index contributed by atoms with van der Waals surface area (Å²) in [4.78, 5) is 18.6. The van der Waals surface area contributed by atoms with Gasteiger partial charge in [-0.3, -0.25) is 4.79 Å². The van der Waals surface area contributed by atoms with Crippen molar-refractivity contribution in [3.63, 3.8) is 0 Å². The molecule has 0 bridgehead atoms. The summed E-state index contributed by atoms with van der Waals surface area (Å²) in [5, 5.41) is 24.2. The number of aromatic nitrogens is 1. The van der Waals surface area contributed by atoms with E-state index in [0.717, 1.165) is 38.0 Å². The lowest BCUT2D eigenvalue weighted by Gasteiger charge is -2.40. The highest BCUT2D eigenvalue weighted by Crippen LogP contribution is 2.31. The molecule has 1 saturated heterocycles. The van der Waals surface area contributed by atoms with Gasteiger partial charge in [-0.25, -0.2) is 4.98 Å². The maximum atomic E-state index is 12.2. The molecule has 138 valence electrons. The Morgan fingerprint density at radius 1 is 1.12 bits per heavy atom. The van der Waals surface area contributed by atoms with Crippen molar-refractivity contribution in [2.75, 3.05) is 24.5 Å². The van der Waals surface area contributed by atoms with E-state index in [0.29, 0.717) is 25.8 Å². The molecule has 0 spiro atoms. The van der Waals surface area contributed by atoms with E-state index in [1.165, 1.54) is 0 Å². The third-order valence-corrected chi connectivity index (χ3v) is 5.42. The Bertz CT molecular complexity index is 575. The first-order chi connectivity index (χ1) is 12.0. The Balaban J connectivity index is 1.52. The first kappa shape index (κ1) is 18.1. The van der Waals surface area contributed by atoms with Crippen molar-refractivity contribution < 1.29 is 15.0 Å². The summed E-state index contributed by atoms with van der Waals surface area (Å²) in [6, 6.07) is 5.74. The van der Waals surface area contributed by atoms with E-state index in [9.17, 15) is 15.0 Å². The van der Waals surface area contributed by atoms with Crippen LogP contribution in [0.25, 0.3) is 0 Å². The van der Waals surface area contributed by atoms with E-state index in [1.807, 2.05) is 18.2 Å². The number of nitrogens with one attached hydrogen (secondary N) is 1. The monoisotopic (exact) mass is 347 g/mol. The van der Waals surface area contributed by atoms with Gasteiger partial charge >= 0.3 is 0 Å². The van der Waals surface area contributed by atoms with Crippen molar-refractivity contribution in [2.45, 2.75) is 62.6 Å². The van der Waals surface area contributed by atoms with Crippen LogP contribution in [0.5, 0.6) is 0 Å². The van der Waals surface area contributed by atoms with E-state index < -0.39 is 11.2 Å². The number of aliphatic hydroxyl groups is 2. The Morgan fingerprint density at radius 3 is 2.60 bits per heavy atom. The van der Waals surface area contributed by atoms with Crippen LogP contribution in [-0.2, 0) is 4.79 Å². The van der Waals surface area contributed by atoms with Crippen molar-refractivity contribution in [1.82, 2.24) is 10.3 Å². The molecule has 2 heterocycles. The number of rotatable bonds is 5. The summed E-state index contributed by atoms with van der Waals surface area (Å²) in [6.07, 6.45) is 7.86. The van der Waals surface area contributed by atoms with Crippen molar-refractivity contribution >= 4 is 11.7 Å². The molecule has 0 radical (unpaired) electrons. The SMILES string of the molecule is O=C(CC1(O)CCCCC1)NC[C@@]1(O)CCCN(c2ccccn2)C1. The second-order valence-electron chi connectivity index (χ2n) is 7.68. The zero-order valence-electron chi connectivity index (χ0n) is 14.8. The molecule has 1 aromatic heterocycles. The van der Waals surface area contributed by atoms with Crippen molar-refractivity contribution in [3.8, 4) is 0 Å². The van der Waals surface area contributed by atoms with Gasteiger partial charge < -0.3 is 20.4 Å². The molecule has 1 amide bonds. The summed E-state index contributed by atoms with van der Waals surface area (Å²) in [7, 11) is 0. The van der Waals surface area contributed by atoms with Crippen LogP contribution in [0.1, 0.15) is 51.4 Å². The van der Waals surface area contributed by atoms with Gasteiger partial charge in [0.25, 0.3) is 0 Å². The third kappa shape index (κ3) is 4.92. The molecule has 2 fully saturated rings. The molecule has 2 aliphatic rings. The minimum Gasteiger partial charge on any atom is -0.389 e. The normalized spacial score (nSPS) is 26.2. The van der Waals surface area contributed by atoms with Gasteiger partial charge in [-0.15, -0.1) is 0 Å². The fourth-order valence-electron chi connectivity index (χ4n) is 4.00. The highest BCUT2D eigenvalue weighted by Gasteiger charge is 2.36. The van der Waals surface area contributed by atoms with Gasteiger partial charge in [0.2, 0.25) is 5.91 Å². The zero-order valence-corrected chi connectivity index (χ0v) is 14.8. The van der Waals surface area contributed by atoms with Gasteiger partial charge in [-0.05, 0) is 37.8 Å². The van der Waals surface area contributed by atoms with E-state index in [2.05, 4.69) is 15.2 Å². The summed E-state index contributed by atoms with van der Waals surface area (Å²) < 4.78 is 0. The van der Waals surface area contributed by atoms with Crippen molar-refractivity contribution in [3.05, 3.63) is 24.4 Å². The molecule has 1 atom stereocenters. The third-order valence-electron chi connectivity index (χ3n) is 5.42. The number of anilines is 1. The van der Waals surface area contributed by atoms with E-state index in [-0.39, 0.29) is 18.9 Å². The quantitative estimate of drug-likeness (QED) is 0.753. The Labute approximate surface area is 149 Å². The molecule has 25 heavy (non-hydrogen) atoms. The second-order valence-corrected chi connectivity index (χ2v) is 7.68. The molecular formula is C19H29N3O3. The van der Waals surface area contributed by atoms with Gasteiger partial charge in [0.1, 0.15) is 5.82 Å². The average molecular weight is 347 g/mol. The Morgan fingerprint density at radius 2 is 1.88 bits per heavy atom. The van der Waals surface area contributed by atoms with Gasteiger partial charge in [-0.1, -0.05) is 25.3 Å². The predicted molar refractivity (Wildman–Crippen MR) is 96.3 cm³/mol. The summed E-state index contributed by atoms with van der Waals surface area (Å²) in [6.45, 7) is 1.52. The molecule has 1 aliphatic heterocycles. The number of carbonyl (C=O) groups excluding carboxylic acids is 1. The Hall–Kier alpha value is -1.66. The van der Waals surface area contributed by atoms with Crippen LogP contribution in [-0.4, -0.2) is 51.9 Å². The Kier molecular flexibility index (Phi) is 5.59.